The van der Waals surface area contributed by atoms with Gasteiger partial charge in [0.05, 0.1) is 9.79 Å². The van der Waals surface area contributed by atoms with Crippen molar-refractivity contribution in [1.29, 1.82) is 0 Å². The summed E-state index contributed by atoms with van der Waals surface area (Å²) in [6.45, 7) is 3.85. The molecular formula is C19H23BrN2O4S2. The third-order valence-electron chi connectivity index (χ3n) is 4.92. The molecule has 1 saturated heterocycles. The molecule has 0 aliphatic carbocycles. The van der Waals surface area contributed by atoms with Gasteiger partial charge >= 0.3 is 0 Å². The highest BCUT2D eigenvalue weighted by atomic mass is 79.9. The summed E-state index contributed by atoms with van der Waals surface area (Å²) in [7, 11) is -7.37. The molecular weight excluding hydrogens is 464 g/mol. The molecule has 0 aromatic heterocycles. The summed E-state index contributed by atoms with van der Waals surface area (Å²) in [5, 5.41) is 0. The van der Waals surface area contributed by atoms with Crippen LogP contribution in [0.1, 0.15) is 33.1 Å². The van der Waals surface area contributed by atoms with E-state index in [-0.39, 0.29) is 21.9 Å². The van der Waals surface area contributed by atoms with Crippen molar-refractivity contribution in [2.24, 2.45) is 0 Å². The van der Waals surface area contributed by atoms with E-state index in [0.717, 1.165) is 23.7 Å². The molecule has 1 heterocycles. The Hall–Kier alpha value is -1.42. The van der Waals surface area contributed by atoms with Crippen molar-refractivity contribution < 1.29 is 16.8 Å². The molecule has 28 heavy (non-hydrogen) atoms. The number of hydrogen-bond acceptors (Lipinski definition) is 4. The van der Waals surface area contributed by atoms with Crippen molar-refractivity contribution in [2.45, 2.75) is 55.0 Å². The summed E-state index contributed by atoms with van der Waals surface area (Å²) in [5.41, 5.74) is 0.307. The Balaban J connectivity index is 1.82. The van der Waals surface area contributed by atoms with Gasteiger partial charge in [-0.05, 0) is 75.2 Å². The number of anilines is 1. The molecule has 0 spiro atoms. The van der Waals surface area contributed by atoms with Gasteiger partial charge in [-0.15, -0.1) is 0 Å². The predicted octanol–water partition coefficient (Wildman–Crippen LogP) is 4.20. The molecule has 0 bridgehead atoms. The highest BCUT2D eigenvalue weighted by Gasteiger charge is 2.35. The van der Waals surface area contributed by atoms with Crippen molar-refractivity contribution in [3.05, 3.63) is 53.0 Å². The van der Waals surface area contributed by atoms with E-state index < -0.39 is 20.0 Å². The predicted molar refractivity (Wildman–Crippen MR) is 113 cm³/mol. The van der Waals surface area contributed by atoms with E-state index in [1.54, 1.807) is 16.4 Å². The number of nitrogens with one attached hydrogen (secondary N) is 1. The van der Waals surface area contributed by atoms with Crippen LogP contribution in [-0.2, 0) is 20.0 Å². The standard InChI is InChI=1S/C19H23BrN2O4S2/c1-14-4-3-5-15(2)22(14)28(25,26)19-12-8-17(9-13-19)21-27(23,24)18-10-6-16(20)7-11-18/h6-15,21H,3-5H2,1-2H3/t14-,15+. The first kappa shape index (κ1) is 21.3. The molecule has 1 N–H and O–H groups in total. The fourth-order valence-corrected chi connectivity index (χ4v) is 6.72. The van der Waals surface area contributed by atoms with E-state index in [0.29, 0.717) is 5.69 Å². The van der Waals surface area contributed by atoms with E-state index in [1.807, 2.05) is 13.8 Å². The summed E-state index contributed by atoms with van der Waals surface area (Å²) in [5.74, 6) is 0. The van der Waals surface area contributed by atoms with Gasteiger partial charge < -0.3 is 0 Å². The van der Waals surface area contributed by atoms with E-state index in [1.165, 1.54) is 36.4 Å². The van der Waals surface area contributed by atoms with E-state index in [4.69, 9.17) is 0 Å². The zero-order valence-electron chi connectivity index (χ0n) is 15.7. The SMILES string of the molecule is C[C@@H]1CCC[C@H](C)N1S(=O)(=O)c1ccc(NS(=O)(=O)c2ccc(Br)cc2)cc1. The molecule has 0 radical (unpaired) electrons. The first-order valence-electron chi connectivity index (χ1n) is 9.03. The molecule has 1 aliphatic rings. The Bertz CT molecular complexity index is 1030. The average Bonchev–Trinajstić information content (AvgIpc) is 2.62. The molecule has 0 unspecified atom stereocenters. The van der Waals surface area contributed by atoms with Gasteiger partial charge in [0.25, 0.3) is 10.0 Å². The van der Waals surface area contributed by atoms with Crippen molar-refractivity contribution in [1.82, 2.24) is 4.31 Å². The molecule has 152 valence electrons. The number of piperidine rings is 1. The van der Waals surface area contributed by atoms with Crippen LogP contribution in [-0.4, -0.2) is 33.2 Å². The minimum Gasteiger partial charge on any atom is -0.280 e. The van der Waals surface area contributed by atoms with Gasteiger partial charge in [-0.3, -0.25) is 4.72 Å². The van der Waals surface area contributed by atoms with Crippen LogP contribution in [0.5, 0.6) is 0 Å². The maximum atomic E-state index is 13.0. The fourth-order valence-electron chi connectivity index (χ4n) is 3.52. The zero-order valence-corrected chi connectivity index (χ0v) is 18.9. The molecule has 9 heteroatoms. The van der Waals surface area contributed by atoms with Crippen LogP contribution in [0, 0.1) is 0 Å². The lowest BCUT2D eigenvalue weighted by molar-refractivity contribution is 0.204. The minimum absolute atomic E-state index is 0.0515. The second-order valence-electron chi connectivity index (χ2n) is 7.05. The molecule has 1 aliphatic heterocycles. The van der Waals surface area contributed by atoms with E-state index in [2.05, 4.69) is 20.7 Å². The van der Waals surface area contributed by atoms with E-state index >= 15 is 0 Å². The van der Waals surface area contributed by atoms with Gasteiger partial charge in [0.1, 0.15) is 0 Å². The molecule has 2 atom stereocenters. The summed E-state index contributed by atoms with van der Waals surface area (Å²) in [6, 6.07) is 12.0. The average molecular weight is 487 g/mol. The Morgan fingerprint density at radius 2 is 1.36 bits per heavy atom. The van der Waals surface area contributed by atoms with Crippen LogP contribution in [0.2, 0.25) is 0 Å². The molecule has 2 aromatic rings. The lowest BCUT2D eigenvalue weighted by atomic mass is 10.0. The second kappa shape index (κ2) is 8.14. The first-order chi connectivity index (χ1) is 13.1. The van der Waals surface area contributed by atoms with Gasteiger partial charge in [0.15, 0.2) is 0 Å². The Morgan fingerprint density at radius 1 is 0.857 bits per heavy atom. The first-order valence-corrected chi connectivity index (χ1v) is 12.7. The maximum absolute atomic E-state index is 13.0. The van der Waals surface area contributed by atoms with Crippen LogP contribution in [0.3, 0.4) is 0 Å². The molecule has 1 fully saturated rings. The number of hydrogen-bond donors (Lipinski definition) is 1. The summed E-state index contributed by atoms with van der Waals surface area (Å²) < 4.78 is 55.9. The monoisotopic (exact) mass is 486 g/mol. The summed E-state index contributed by atoms with van der Waals surface area (Å²) >= 11 is 3.27. The van der Waals surface area contributed by atoms with Gasteiger partial charge in [0.2, 0.25) is 10.0 Å². The van der Waals surface area contributed by atoms with Crippen LogP contribution in [0.25, 0.3) is 0 Å². The van der Waals surface area contributed by atoms with Crippen molar-refractivity contribution >= 4 is 41.7 Å². The number of rotatable bonds is 5. The lowest BCUT2D eigenvalue weighted by Gasteiger charge is -2.37. The van der Waals surface area contributed by atoms with Gasteiger partial charge in [0, 0.05) is 22.2 Å². The molecule has 0 saturated carbocycles. The Kier molecular flexibility index (Phi) is 6.19. The molecule has 2 aromatic carbocycles. The van der Waals surface area contributed by atoms with Gasteiger partial charge in [-0.2, -0.15) is 4.31 Å². The van der Waals surface area contributed by atoms with Crippen LogP contribution < -0.4 is 4.72 Å². The number of benzene rings is 2. The zero-order chi connectivity index (χ0) is 20.5. The van der Waals surface area contributed by atoms with Crippen molar-refractivity contribution in [3.8, 4) is 0 Å². The molecule has 6 nitrogen and oxygen atoms in total. The Morgan fingerprint density at radius 3 is 1.89 bits per heavy atom. The fraction of sp³-hybridized carbons (Fsp3) is 0.368. The van der Waals surface area contributed by atoms with Crippen LogP contribution >= 0.6 is 15.9 Å². The normalized spacial score (nSPS) is 21.4. The highest BCUT2D eigenvalue weighted by molar-refractivity contribution is 9.10. The Labute approximate surface area is 175 Å². The minimum atomic E-state index is -3.75. The number of halogens is 1. The quantitative estimate of drug-likeness (QED) is 0.685. The topological polar surface area (TPSA) is 83.6 Å². The van der Waals surface area contributed by atoms with E-state index in [9.17, 15) is 16.8 Å². The highest BCUT2D eigenvalue weighted by Crippen LogP contribution is 2.30. The van der Waals surface area contributed by atoms with Gasteiger partial charge in [-0.25, -0.2) is 16.8 Å². The molecule has 3 rings (SSSR count). The lowest BCUT2D eigenvalue weighted by Crippen LogP contribution is -2.47. The maximum Gasteiger partial charge on any atom is 0.261 e. The van der Waals surface area contributed by atoms with Crippen LogP contribution in [0.4, 0.5) is 5.69 Å². The van der Waals surface area contributed by atoms with Gasteiger partial charge in [-0.1, -0.05) is 22.4 Å². The van der Waals surface area contributed by atoms with Crippen molar-refractivity contribution in [3.63, 3.8) is 0 Å². The van der Waals surface area contributed by atoms with Crippen molar-refractivity contribution in [2.75, 3.05) is 4.72 Å². The molecule has 0 amide bonds. The summed E-state index contributed by atoms with van der Waals surface area (Å²) in [6.07, 6.45) is 2.70. The smallest absolute Gasteiger partial charge is 0.261 e. The third kappa shape index (κ3) is 4.42. The second-order valence-corrected chi connectivity index (χ2v) is 11.5. The number of nitrogens with zero attached hydrogens (tertiary/aromatic N) is 1. The third-order valence-corrected chi connectivity index (χ3v) is 8.99. The summed E-state index contributed by atoms with van der Waals surface area (Å²) in [4.78, 5) is 0.294. The largest absolute Gasteiger partial charge is 0.280 e. The van der Waals surface area contributed by atoms with Crippen LogP contribution in [0.15, 0.2) is 62.8 Å². The number of sulfonamides is 2.